The smallest absolute Gasteiger partial charge is 0.387 e. The van der Waals surface area contributed by atoms with E-state index in [0.29, 0.717) is 17.0 Å². The van der Waals surface area contributed by atoms with Crippen LogP contribution in [0.25, 0.3) is 11.2 Å². The van der Waals surface area contributed by atoms with Crippen LogP contribution < -0.4 is 5.73 Å². The van der Waals surface area contributed by atoms with E-state index in [1.165, 1.54) is 10.9 Å². The third kappa shape index (κ3) is 3.58. The summed E-state index contributed by atoms with van der Waals surface area (Å²) in [5.74, 6) is 0.646. The molecule has 0 bridgehead atoms. The van der Waals surface area contributed by atoms with Crippen molar-refractivity contribution in [2.45, 2.75) is 44.3 Å². The second-order valence-corrected chi connectivity index (χ2v) is 7.52. The number of aromatic nitrogens is 4. The minimum atomic E-state index is -4.74. The number of phosphoric ester groups is 1. The maximum atomic E-state index is 10.8. The van der Waals surface area contributed by atoms with Crippen LogP contribution in [0.15, 0.2) is 6.33 Å². The Bertz CT molecular complexity index is 853. The summed E-state index contributed by atoms with van der Waals surface area (Å²) in [5, 5.41) is 20.4. The Morgan fingerprint density at radius 3 is 2.65 bits per heavy atom. The van der Waals surface area contributed by atoms with E-state index in [9.17, 15) is 14.8 Å². The van der Waals surface area contributed by atoms with Gasteiger partial charge in [-0.25, -0.2) is 19.5 Å². The lowest BCUT2D eigenvalue weighted by molar-refractivity contribution is -0.0504. The molecule has 13 heteroatoms. The third-order valence-corrected chi connectivity index (χ3v) is 4.49. The number of phosphoric acid groups is 1. The molecule has 0 spiro atoms. The Morgan fingerprint density at radius 2 is 2.04 bits per heavy atom. The van der Waals surface area contributed by atoms with Gasteiger partial charge in [0.25, 0.3) is 0 Å². The van der Waals surface area contributed by atoms with Gasteiger partial charge in [0.05, 0.1) is 12.9 Å². The molecule has 144 valence electrons. The number of rotatable bonds is 5. The first-order valence-corrected chi connectivity index (χ1v) is 9.33. The van der Waals surface area contributed by atoms with Crippen LogP contribution in [0.4, 0.5) is 5.82 Å². The molecule has 0 saturated carbocycles. The predicted molar refractivity (Wildman–Crippen MR) is 87.7 cm³/mol. The Labute approximate surface area is 147 Å². The highest BCUT2D eigenvalue weighted by atomic mass is 31.2. The number of nitrogens with zero attached hydrogens (tertiary/aromatic N) is 4. The van der Waals surface area contributed by atoms with Crippen molar-refractivity contribution in [3.05, 3.63) is 12.2 Å². The lowest BCUT2D eigenvalue weighted by Gasteiger charge is -2.17. The zero-order valence-corrected chi connectivity index (χ0v) is 14.9. The Kier molecular flexibility index (Phi) is 5.01. The summed E-state index contributed by atoms with van der Waals surface area (Å²) < 4.78 is 22.1. The number of imidazole rings is 1. The summed E-state index contributed by atoms with van der Waals surface area (Å²) in [5.41, 5.74) is 6.53. The van der Waals surface area contributed by atoms with Gasteiger partial charge in [0.2, 0.25) is 0 Å². The highest BCUT2D eigenvalue weighted by Crippen LogP contribution is 2.39. The summed E-state index contributed by atoms with van der Waals surface area (Å²) in [7, 11) is -4.74. The molecular formula is C13H20N5O7P. The van der Waals surface area contributed by atoms with Gasteiger partial charge in [-0.1, -0.05) is 13.8 Å². The summed E-state index contributed by atoms with van der Waals surface area (Å²) in [6.45, 7) is 3.18. The van der Waals surface area contributed by atoms with E-state index in [1.807, 2.05) is 13.8 Å². The van der Waals surface area contributed by atoms with Crippen molar-refractivity contribution in [1.29, 1.82) is 0 Å². The molecule has 1 aliphatic rings. The van der Waals surface area contributed by atoms with Gasteiger partial charge < -0.3 is 30.5 Å². The first kappa shape index (κ1) is 19.1. The summed E-state index contributed by atoms with van der Waals surface area (Å²) in [4.78, 5) is 30.2. The molecule has 0 aliphatic carbocycles. The molecule has 2 aromatic rings. The lowest BCUT2D eigenvalue weighted by atomic mass is 10.1. The monoisotopic (exact) mass is 389 g/mol. The minimum Gasteiger partial charge on any atom is -0.387 e. The number of hydrogen-bond acceptors (Lipinski definition) is 9. The van der Waals surface area contributed by atoms with Gasteiger partial charge in [0.15, 0.2) is 17.7 Å². The SMILES string of the molecule is CC(C)c1nc(N)c2ncn([C@@H]3O[C@H](COP(=O)(O)O)[C@@H](O)[C@H]3O)c2n1. The van der Waals surface area contributed by atoms with Crippen LogP contribution in [0.3, 0.4) is 0 Å². The molecule has 12 nitrogen and oxygen atoms in total. The number of fused-ring (bicyclic) bond motifs is 1. The van der Waals surface area contributed by atoms with Gasteiger partial charge in [-0.3, -0.25) is 9.09 Å². The second kappa shape index (κ2) is 6.82. The fourth-order valence-corrected chi connectivity index (χ4v) is 3.01. The number of nitrogen functional groups attached to an aromatic ring is 1. The number of anilines is 1. The fourth-order valence-electron chi connectivity index (χ4n) is 2.67. The lowest BCUT2D eigenvalue weighted by Crippen LogP contribution is -2.33. The summed E-state index contributed by atoms with van der Waals surface area (Å²) >= 11 is 0. The normalized spacial score (nSPS) is 26.9. The standard InChI is InChI=1S/C13H20N5O7P/c1-5(2)11-16-10(14)7-12(17-11)18(4-15-7)13-9(20)8(19)6(25-13)3-24-26(21,22)23/h4-6,8-9,13,19-20H,3H2,1-2H3,(H2,14,16,17)(H2,21,22,23)/t6-,8-,9-,13-/m1/s1. The second-order valence-electron chi connectivity index (χ2n) is 6.28. The molecule has 26 heavy (non-hydrogen) atoms. The number of nitrogens with two attached hydrogens (primary N) is 1. The van der Waals surface area contributed by atoms with Crippen molar-refractivity contribution in [2.24, 2.45) is 0 Å². The predicted octanol–water partition coefficient (Wildman–Crippen LogP) is -0.740. The molecular weight excluding hydrogens is 369 g/mol. The largest absolute Gasteiger partial charge is 0.469 e. The van der Waals surface area contributed by atoms with Gasteiger partial charge in [-0.05, 0) is 0 Å². The van der Waals surface area contributed by atoms with Crippen LogP contribution in [-0.2, 0) is 13.8 Å². The highest BCUT2D eigenvalue weighted by Gasteiger charge is 2.45. The molecule has 0 aromatic carbocycles. The van der Waals surface area contributed by atoms with E-state index < -0.39 is 39.0 Å². The summed E-state index contributed by atoms with van der Waals surface area (Å²) in [6, 6.07) is 0. The molecule has 3 heterocycles. The van der Waals surface area contributed by atoms with Crippen LogP contribution in [0.1, 0.15) is 31.8 Å². The number of hydrogen-bond donors (Lipinski definition) is 5. The summed E-state index contributed by atoms with van der Waals surface area (Å²) in [6.07, 6.45) is -3.71. The first-order valence-electron chi connectivity index (χ1n) is 7.80. The van der Waals surface area contributed by atoms with Crippen LogP contribution in [0, 0.1) is 0 Å². The van der Waals surface area contributed by atoms with Crippen LogP contribution in [0.2, 0.25) is 0 Å². The van der Waals surface area contributed by atoms with E-state index >= 15 is 0 Å². The van der Waals surface area contributed by atoms with Crippen molar-refractivity contribution >= 4 is 24.8 Å². The molecule has 1 saturated heterocycles. The van der Waals surface area contributed by atoms with Crippen LogP contribution in [-0.4, -0.2) is 64.4 Å². The maximum Gasteiger partial charge on any atom is 0.469 e. The number of aliphatic hydroxyl groups excluding tert-OH is 2. The Hall–Kier alpha value is -1.66. The molecule has 4 atom stereocenters. The zero-order valence-electron chi connectivity index (χ0n) is 14.0. The minimum absolute atomic E-state index is 0.00513. The first-order chi connectivity index (χ1) is 12.1. The van der Waals surface area contributed by atoms with Gasteiger partial charge in [0.1, 0.15) is 29.7 Å². The molecule has 0 radical (unpaired) electrons. The molecule has 0 unspecified atom stereocenters. The molecule has 0 amide bonds. The van der Waals surface area contributed by atoms with E-state index in [2.05, 4.69) is 19.5 Å². The van der Waals surface area contributed by atoms with Crippen molar-refractivity contribution in [3.8, 4) is 0 Å². The van der Waals surface area contributed by atoms with Gasteiger partial charge in [0, 0.05) is 5.92 Å². The molecule has 1 aliphatic heterocycles. The molecule has 3 rings (SSSR count). The van der Waals surface area contributed by atoms with Crippen molar-refractivity contribution in [2.75, 3.05) is 12.3 Å². The Morgan fingerprint density at radius 1 is 1.35 bits per heavy atom. The topological polar surface area (TPSA) is 186 Å². The van der Waals surface area contributed by atoms with E-state index in [0.717, 1.165) is 0 Å². The fraction of sp³-hybridized carbons (Fsp3) is 0.615. The van der Waals surface area contributed by atoms with E-state index in [1.54, 1.807) is 0 Å². The van der Waals surface area contributed by atoms with Crippen molar-refractivity contribution in [3.63, 3.8) is 0 Å². The number of ether oxygens (including phenoxy) is 1. The van der Waals surface area contributed by atoms with Crippen LogP contribution >= 0.6 is 7.82 Å². The van der Waals surface area contributed by atoms with Crippen molar-refractivity contribution in [1.82, 2.24) is 19.5 Å². The Balaban J connectivity index is 1.92. The van der Waals surface area contributed by atoms with Crippen LogP contribution in [0.5, 0.6) is 0 Å². The van der Waals surface area contributed by atoms with Gasteiger partial charge in [-0.15, -0.1) is 0 Å². The third-order valence-electron chi connectivity index (χ3n) is 4.00. The van der Waals surface area contributed by atoms with Crippen molar-refractivity contribution < 1.29 is 33.8 Å². The molecule has 2 aromatic heterocycles. The van der Waals surface area contributed by atoms with E-state index in [-0.39, 0.29) is 11.7 Å². The highest BCUT2D eigenvalue weighted by molar-refractivity contribution is 7.46. The quantitative estimate of drug-likeness (QED) is 0.405. The molecule has 1 fully saturated rings. The maximum absolute atomic E-state index is 10.8. The van der Waals surface area contributed by atoms with Gasteiger partial charge in [-0.2, -0.15) is 0 Å². The van der Waals surface area contributed by atoms with E-state index in [4.69, 9.17) is 20.3 Å². The average molecular weight is 389 g/mol. The molecule has 6 N–H and O–H groups in total. The average Bonchev–Trinajstić information content (AvgIpc) is 3.08. The number of aliphatic hydroxyl groups is 2. The van der Waals surface area contributed by atoms with Gasteiger partial charge >= 0.3 is 7.82 Å². The zero-order chi connectivity index (χ0) is 19.2.